The first-order valence-corrected chi connectivity index (χ1v) is 11.5. The molecule has 148 valence electrons. The Morgan fingerprint density at radius 1 is 1.15 bits per heavy atom. The smallest absolute Gasteiger partial charge is 0.168 e. The highest BCUT2D eigenvalue weighted by Gasteiger charge is 2.31. The van der Waals surface area contributed by atoms with Crippen molar-refractivity contribution in [1.29, 1.82) is 0 Å². The number of rotatable bonds is 7. The molecule has 4 rings (SSSR count). The first-order valence-electron chi connectivity index (χ1n) is 10.6. The van der Waals surface area contributed by atoms with Gasteiger partial charge in [-0.3, -0.25) is 9.80 Å². The number of hydrogen-bond donors (Lipinski definition) is 0. The molecule has 0 bridgehead atoms. The van der Waals surface area contributed by atoms with Crippen molar-refractivity contribution in [2.75, 3.05) is 26.2 Å². The molecule has 2 fully saturated rings. The lowest BCUT2D eigenvalue weighted by molar-refractivity contribution is 0.0501. The van der Waals surface area contributed by atoms with Gasteiger partial charge >= 0.3 is 0 Å². The maximum atomic E-state index is 4.45. The standard InChI is InChI=1S/C20H32N6S/c1-2-7-19(20-21-22-23-26(20)16-18-10-6-15-27-18)25-13-11-24(12-14-25)17-8-4-3-5-9-17/h6,10,15,17,19H,2-5,7-9,11-14,16H2,1H3/t19-/m0/s1. The molecule has 1 saturated carbocycles. The van der Waals surface area contributed by atoms with Crippen LogP contribution in [0.1, 0.15) is 68.6 Å². The maximum Gasteiger partial charge on any atom is 0.168 e. The molecule has 7 heteroatoms. The summed E-state index contributed by atoms with van der Waals surface area (Å²) in [6.07, 6.45) is 9.34. The predicted octanol–water partition coefficient (Wildman–Crippen LogP) is 3.57. The van der Waals surface area contributed by atoms with Crippen molar-refractivity contribution in [3.05, 3.63) is 28.2 Å². The van der Waals surface area contributed by atoms with Crippen LogP contribution in [0, 0.1) is 0 Å². The number of aromatic nitrogens is 4. The first kappa shape index (κ1) is 19.0. The van der Waals surface area contributed by atoms with Gasteiger partial charge in [0.15, 0.2) is 5.82 Å². The van der Waals surface area contributed by atoms with Crippen LogP contribution in [0.5, 0.6) is 0 Å². The van der Waals surface area contributed by atoms with E-state index in [4.69, 9.17) is 0 Å². The summed E-state index contributed by atoms with van der Waals surface area (Å²) in [4.78, 5) is 6.67. The van der Waals surface area contributed by atoms with Crippen molar-refractivity contribution in [1.82, 2.24) is 30.0 Å². The third kappa shape index (κ3) is 4.58. The molecule has 27 heavy (non-hydrogen) atoms. The van der Waals surface area contributed by atoms with Crippen LogP contribution in [-0.2, 0) is 6.54 Å². The van der Waals surface area contributed by atoms with Crippen LogP contribution < -0.4 is 0 Å². The molecule has 2 aromatic heterocycles. The Bertz CT molecular complexity index is 670. The molecule has 0 N–H and O–H groups in total. The zero-order valence-corrected chi connectivity index (χ0v) is 17.3. The second-order valence-corrected chi connectivity index (χ2v) is 8.97. The minimum Gasteiger partial charge on any atom is -0.298 e. The number of thiophene rings is 1. The van der Waals surface area contributed by atoms with Crippen molar-refractivity contribution < 1.29 is 0 Å². The molecular formula is C20H32N6S. The van der Waals surface area contributed by atoms with Crippen molar-refractivity contribution in [2.45, 2.75) is 70.5 Å². The highest BCUT2D eigenvalue weighted by molar-refractivity contribution is 7.09. The number of hydrogen-bond acceptors (Lipinski definition) is 6. The van der Waals surface area contributed by atoms with Crippen LogP contribution in [-0.4, -0.2) is 62.2 Å². The molecule has 1 atom stereocenters. The summed E-state index contributed by atoms with van der Waals surface area (Å²) in [5.41, 5.74) is 0. The maximum absolute atomic E-state index is 4.45. The average molecular weight is 389 g/mol. The summed E-state index contributed by atoms with van der Waals surface area (Å²) >= 11 is 1.77. The Kier molecular flexibility index (Phi) is 6.52. The van der Waals surface area contributed by atoms with Gasteiger partial charge in [-0.15, -0.1) is 16.4 Å². The summed E-state index contributed by atoms with van der Waals surface area (Å²) in [5, 5.41) is 14.9. The second-order valence-electron chi connectivity index (χ2n) is 7.94. The molecule has 0 spiro atoms. The molecule has 0 radical (unpaired) electrons. The van der Waals surface area contributed by atoms with Gasteiger partial charge in [0.2, 0.25) is 0 Å². The Hall–Kier alpha value is -1.31. The summed E-state index contributed by atoms with van der Waals surface area (Å²) in [6.45, 7) is 7.69. The van der Waals surface area contributed by atoms with Gasteiger partial charge in [0.1, 0.15) is 0 Å². The fourth-order valence-electron chi connectivity index (χ4n) is 4.72. The van der Waals surface area contributed by atoms with E-state index in [0.29, 0.717) is 6.04 Å². The summed E-state index contributed by atoms with van der Waals surface area (Å²) < 4.78 is 2.01. The third-order valence-electron chi connectivity index (χ3n) is 6.19. The van der Waals surface area contributed by atoms with E-state index in [1.165, 1.54) is 50.1 Å². The van der Waals surface area contributed by atoms with E-state index in [0.717, 1.165) is 44.3 Å². The molecule has 3 heterocycles. The molecule has 1 saturated heterocycles. The number of tetrazole rings is 1. The molecule has 1 aliphatic heterocycles. The minimum absolute atomic E-state index is 0.332. The Balaban J connectivity index is 1.42. The predicted molar refractivity (Wildman–Crippen MR) is 109 cm³/mol. The molecule has 0 aromatic carbocycles. The number of nitrogens with zero attached hydrogens (tertiary/aromatic N) is 6. The summed E-state index contributed by atoms with van der Waals surface area (Å²) in [5.74, 6) is 1.04. The highest BCUT2D eigenvalue weighted by Crippen LogP contribution is 2.28. The van der Waals surface area contributed by atoms with E-state index >= 15 is 0 Å². The van der Waals surface area contributed by atoms with E-state index in [1.807, 2.05) is 4.68 Å². The van der Waals surface area contributed by atoms with Gasteiger partial charge in [0.05, 0.1) is 12.6 Å². The fraction of sp³-hybridized carbons (Fsp3) is 0.750. The molecule has 1 aliphatic carbocycles. The zero-order valence-electron chi connectivity index (χ0n) is 16.5. The Morgan fingerprint density at radius 3 is 2.67 bits per heavy atom. The van der Waals surface area contributed by atoms with Crippen LogP contribution in [0.15, 0.2) is 17.5 Å². The van der Waals surface area contributed by atoms with E-state index in [2.05, 4.69) is 49.8 Å². The van der Waals surface area contributed by atoms with Crippen LogP contribution in [0.2, 0.25) is 0 Å². The van der Waals surface area contributed by atoms with Crippen molar-refractivity contribution in [2.24, 2.45) is 0 Å². The largest absolute Gasteiger partial charge is 0.298 e. The van der Waals surface area contributed by atoms with Crippen LogP contribution in [0.4, 0.5) is 0 Å². The van der Waals surface area contributed by atoms with Crippen LogP contribution in [0.25, 0.3) is 0 Å². The third-order valence-corrected chi connectivity index (χ3v) is 7.05. The van der Waals surface area contributed by atoms with E-state index in [1.54, 1.807) is 11.3 Å². The topological polar surface area (TPSA) is 50.1 Å². The SMILES string of the molecule is CCC[C@@H](c1nnnn1Cc1cccs1)N1CCN(C2CCCCC2)CC1. The Labute approximate surface area is 166 Å². The average Bonchev–Trinajstić information content (AvgIpc) is 3.40. The van der Waals surface area contributed by atoms with Gasteiger partial charge in [0, 0.05) is 37.1 Å². The van der Waals surface area contributed by atoms with Crippen LogP contribution in [0.3, 0.4) is 0 Å². The minimum atomic E-state index is 0.332. The second kappa shape index (κ2) is 9.26. The van der Waals surface area contributed by atoms with E-state index in [-0.39, 0.29) is 0 Å². The fourth-order valence-corrected chi connectivity index (χ4v) is 5.41. The van der Waals surface area contributed by atoms with E-state index < -0.39 is 0 Å². The molecule has 2 aliphatic rings. The molecular weight excluding hydrogens is 356 g/mol. The lowest BCUT2D eigenvalue weighted by Gasteiger charge is -2.43. The number of piperazine rings is 1. The lowest BCUT2D eigenvalue weighted by atomic mass is 9.93. The highest BCUT2D eigenvalue weighted by atomic mass is 32.1. The van der Waals surface area contributed by atoms with Gasteiger partial charge < -0.3 is 0 Å². The van der Waals surface area contributed by atoms with Crippen LogP contribution >= 0.6 is 11.3 Å². The zero-order chi connectivity index (χ0) is 18.5. The van der Waals surface area contributed by atoms with Crippen molar-refractivity contribution >= 4 is 11.3 Å². The van der Waals surface area contributed by atoms with Gasteiger partial charge in [-0.25, -0.2) is 4.68 Å². The Morgan fingerprint density at radius 2 is 1.96 bits per heavy atom. The monoisotopic (exact) mass is 388 g/mol. The molecule has 2 aromatic rings. The van der Waals surface area contributed by atoms with Gasteiger partial charge in [-0.1, -0.05) is 38.7 Å². The molecule has 0 unspecified atom stereocenters. The van der Waals surface area contributed by atoms with Gasteiger partial charge in [-0.2, -0.15) is 0 Å². The summed E-state index contributed by atoms with van der Waals surface area (Å²) in [7, 11) is 0. The first-order chi connectivity index (χ1) is 13.3. The summed E-state index contributed by atoms with van der Waals surface area (Å²) in [6, 6.07) is 5.42. The van der Waals surface area contributed by atoms with Gasteiger partial charge in [-0.05, 0) is 41.1 Å². The quantitative estimate of drug-likeness (QED) is 0.726. The van der Waals surface area contributed by atoms with Crippen molar-refractivity contribution in [3.8, 4) is 0 Å². The molecule has 0 amide bonds. The van der Waals surface area contributed by atoms with E-state index in [9.17, 15) is 0 Å². The van der Waals surface area contributed by atoms with Crippen molar-refractivity contribution in [3.63, 3.8) is 0 Å². The van der Waals surface area contributed by atoms with Gasteiger partial charge in [0.25, 0.3) is 0 Å². The normalized spacial score (nSPS) is 21.5. The molecule has 6 nitrogen and oxygen atoms in total. The lowest BCUT2D eigenvalue weighted by Crippen LogP contribution is -2.51.